The van der Waals surface area contributed by atoms with Crippen LogP contribution in [0.3, 0.4) is 0 Å². The lowest BCUT2D eigenvalue weighted by molar-refractivity contribution is 0.0526. The van der Waals surface area contributed by atoms with Crippen LogP contribution in [0, 0.1) is 4.64 Å². The van der Waals surface area contributed by atoms with Gasteiger partial charge in [-0.25, -0.2) is 4.79 Å². The van der Waals surface area contributed by atoms with Crippen LogP contribution in [0.2, 0.25) is 0 Å². The first-order valence-corrected chi connectivity index (χ1v) is 11.1. The molecule has 0 aliphatic carbocycles. The highest BCUT2D eigenvalue weighted by atomic mass is 32.1. The fourth-order valence-electron chi connectivity index (χ4n) is 3.79. The highest BCUT2D eigenvalue weighted by Gasteiger charge is 2.36. The SMILES string of the molecule is CCOC(=O)c1ccc(-n2sc3c(c2=S)C(C)(C)c2cc(OCC)ccc2N3)cc1. The van der Waals surface area contributed by atoms with Gasteiger partial charge in [0.15, 0.2) is 0 Å². The number of fused-ring (bicyclic) bond motifs is 2. The molecular formula is C23H24N2O3S2. The zero-order valence-corrected chi connectivity index (χ0v) is 19.1. The lowest BCUT2D eigenvalue weighted by Gasteiger charge is -2.33. The zero-order chi connectivity index (χ0) is 21.5. The number of hydrogen-bond acceptors (Lipinski definition) is 6. The molecule has 30 heavy (non-hydrogen) atoms. The van der Waals surface area contributed by atoms with Gasteiger partial charge in [-0.15, -0.1) is 0 Å². The molecule has 4 rings (SSSR count). The minimum absolute atomic E-state index is 0.271. The molecule has 0 fully saturated rings. The minimum Gasteiger partial charge on any atom is -0.494 e. The van der Waals surface area contributed by atoms with Crippen LogP contribution in [-0.4, -0.2) is 23.1 Å². The van der Waals surface area contributed by atoms with Crippen LogP contribution in [0.5, 0.6) is 5.75 Å². The first kappa shape index (κ1) is 20.6. The topological polar surface area (TPSA) is 52.5 Å². The number of anilines is 2. The fourth-order valence-corrected chi connectivity index (χ4v) is 5.62. The van der Waals surface area contributed by atoms with Crippen molar-refractivity contribution in [2.24, 2.45) is 0 Å². The molecule has 2 heterocycles. The number of hydrogen-bond donors (Lipinski definition) is 1. The third-order valence-corrected chi connectivity index (χ3v) is 6.84. The summed E-state index contributed by atoms with van der Waals surface area (Å²) in [4.78, 5) is 11.9. The van der Waals surface area contributed by atoms with E-state index >= 15 is 0 Å². The van der Waals surface area contributed by atoms with Gasteiger partial charge < -0.3 is 14.8 Å². The van der Waals surface area contributed by atoms with Crippen molar-refractivity contribution >= 4 is 40.4 Å². The van der Waals surface area contributed by atoms with Crippen LogP contribution < -0.4 is 10.1 Å². The Morgan fingerprint density at radius 2 is 1.87 bits per heavy atom. The maximum Gasteiger partial charge on any atom is 0.338 e. The van der Waals surface area contributed by atoms with Gasteiger partial charge in [-0.1, -0.05) is 26.1 Å². The molecule has 0 unspecified atom stereocenters. The number of carbonyl (C=O) groups excluding carboxylic acids is 1. The standard InChI is InChI=1S/C23H24N2O3S2/c1-5-27-16-11-12-18-17(13-16)23(3,4)19-20(24-18)30-25(21(19)29)15-9-7-14(8-10-15)22(26)28-6-2/h7-13,24H,5-6H2,1-4H3. The Balaban J connectivity index is 1.75. The van der Waals surface area contributed by atoms with Crippen LogP contribution in [-0.2, 0) is 10.2 Å². The Morgan fingerprint density at radius 3 is 2.53 bits per heavy atom. The third kappa shape index (κ3) is 3.42. The van der Waals surface area contributed by atoms with Crippen molar-refractivity contribution in [3.05, 3.63) is 63.8 Å². The summed E-state index contributed by atoms with van der Waals surface area (Å²) in [5.41, 5.74) is 4.50. The number of aromatic nitrogens is 1. The van der Waals surface area contributed by atoms with E-state index in [0.29, 0.717) is 18.8 Å². The summed E-state index contributed by atoms with van der Waals surface area (Å²) in [6.07, 6.45) is 0. The summed E-state index contributed by atoms with van der Waals surface area (Å²) in [5.74, 6) is 0.541. The van der Waals surface area contributed by atoms with Crippen molar-refractivity contribution in [3.8, 4) is 11.4 Å². The zero-order valence-electron chi connectivity index (χ0n) is 17.4. The summed E-state index contributed by atoms with van der Waals surface area (Å²) >= 11 is 7.47. The Morgan fingerprint density at radius 1 is 1.13 bits per heavy atom. The highest BCUT2D eigenvalue weighted by molar-refractivity contribution is 7.71. The molecule has 0 spiro atoms. The van der Waals surface area contributed by atoms with E-state index in [1.54, 1.807) is 30.6 Å². The maximum absolute atomic E-state index is 11.9. The number of nitrogens with zero attached hydrogens (tertiary/aromatic N) is 1. The molecule has 0 amide bonds. The maximum atomic E-state index is 11.9. The van der Waals surface area contributed by atoms with Gasteiger partial charge in [-0.3, -0.25) is 3.96 Å². The molecule has 3 aromatic rings. The number of nitrogens with one attached hydrogen (secondary N) is 1. The van der Waals surface area contributed by atoms with E-state index in [2.05, 4.69) is 31.3 Å². The van der Waals surface area contributed by atoms with Gasteiger partial charge in [0.1, 0.15) is 15.4 Å². The average molecular weight is 441 g/mol. The van der Waals surface area contributed by atoms with Crippen molar-refractivity contribution in [1.29, 1.82) is 0 Å². The first-order chi connectivity index (χ1) is 14.4. The summed E-state index contributed by atoms with van der Waals surface area (Å²) in [6, 6.07) is 13.5. The van der Waals surface area contributed by atoms with Crippen LogP contribution in [0.25, 0.3) is 5.69 Å². The number of ether oxygens (including phenoxy) is 2. The lowest BCUT2D eigenvalue weighted by Crippen LogP contribution is -2.25. The van der Waals surface area contributed by atoms with E-state index in [4.69, 9.17) is 21.7 Å². The Bertz CT molecular complexity index is 1160. The first-order valence-electron chi connectivity index (χ1n) is 9.95. The smallest absolute Gasteiger partial charge is 0.338 e. The largest absolute Gasteiger partial charge is 0.494 e. The highest BCUT2D eigenvalue weighted by Crippen LogP contribution is 2.49. The second kappa shape index (κ2) is 7.89. The molecule has 5 nitrogen and oxygen atoms in total. The van der Waals surface area contributed by atoms with Crippen molar-refractivity contribution in [3.63, 3.8) is 0 Å². The molecule has 0 saturated heterocycles. The second-order valence-corrected chi connectivity index (χ2v) is 8.90. The Hall–Kier alpha value is -2.64. The van der Waals surface area contributed by atoms with Crippen LogP contribution >= 0.6 is 23.8 Å². The van der Waals surface area contributed by atoms with Crippen LogP contribution in [0.1, 0.15) is 49.2 Å². The van der Waals surface area contributed by atoms with Gasteiger partial charge >= 0.3 is 5.97 Å². The number of carbonyl (C=O) groups is 1. The van der Waals surface area contributed by atoms with Gasteiger partial charge in [0.05, 0.1) is 24.5 Å². The molecule has 156 valence electrons. The Kier molecular flexibility index (Phi) is 5.42. The summed E-state index contributed by atoms with van der Waals surface area (Å²) in [5, 5.41) is 4.58. The van der Waals surface area contributed by atoms with E-state index in [0.717, 1.165) is 37.9 Å². The van der Waals surface area contributed by atoms with Crippen molar-refractivity contribution in [2.45, 2.75) is 33.1 Å². The molecule has 0 bridgehead atoms. The molecule has 1 N–H and O–H groups in total. The van der Waals surface area contributed by atoms with Gasteiger partial charge in [0, 0.05) is 16.7 Å². The number of benzene rings is 2. The van der Waals surface area contributed by atoms with Crippen LogP contribution in [0.4, 0.5) is 10.7 Å². The molecule has 0 atom stereocenters. The van der Waals surface area contributed by atoms with E-state index in [1.807, 2.05) is 29.1 Å². The minimum atomic E-state index is -0.318. The molecule has 0 radical (unpaired) electrons. The monoisotopic (exact) mass is 440 g/mol. The van der Waals surface area contributed by atoms with Gasteiger partial charge in [0.25, 0.3) is 0 Å². The summed E-state index contributed by atoms with van der Waals surface area (Å²) in [7, 11) is 0. The van der Waals surface area contributed by atoms with E-state index in [1.165, 1.54) is 0 Å². The Labute approximate surface area is 185 Å². The molecule has 0 saturated carbocycles. The van der Waals surface area contributed by atoms with Gasteiger partial charge in [0.2, 0.25) is 0 Å². The molecule has 2 aromatic carbocycles. The average Bonchev–Trinajstić information content (AvgIpc) is 3.06. The van der Waals surface area contributed by atoms with Crippen molar-refractivity contribution < 1.29 is 14.3 Å². The third-order valence-electron chi connectivity index (χ3n) is 5.27. The predicted octanol–water partition coefficient (Wildman–Crippen LogP) is 6.23. The molecular weight excluding hydrogens is 416 g/mol. The summed E-state index contributed by atoms with van der Waals surface area (Å²) in [6.45, 7) is 9.15. The van der Waals surface area contributed by atoms with Crippen molar-refractivity contribution in [1.82, 2.24) is 3.96 Å². The normalized spacial score (nSPS) is 13.7. The molecule has 1 aromatic heterocycles. The molecule has 1 aliphatic heterocycles. The van der Waals surface area contributed by atoms with E-state index in [-0.39, 0.29) is 11.4 Å². The fraction of sp³-hybridized carbons (Fsp3) is 0.304. The number of rotatable bonds is 5. The summed E-state index contributed by atoms with van der Waals surface area (Å²) < 4.78 is 13.6. The predicted molar refractivity (Wildman–Crippen MR) is 123 cm³/mol. The molecule has 7 heteroatoms. The molecule has 1 aliphatic rings. The van der Waals surface area contributed by atoms with Gasteiger partial charge in [-0.05, 0) is 73.4 Å². The second-order valence-electron chi connectivity index (χ2n) is 7.55. The quantitative estimate of drug-likeness (QED) is 0.377. The number of esters is 1. The lowest BCUT2D eigenvalue weighted by atomic mass is 9.76. The van der Waals surface area contributed by atoms with E-state index in [9.17, 15) is 4.79 Å². The van der Waals surface area contributed by atoms with Crippen LogP contribution in [0.15, 0.2) is 42.5 Å². The van der Waals surface area contributed by atoms with Crippen molar-refractivity contribution in [2.75, 3.05) is 18.5 Å². The van der Waals surface area contributed by atoms with Gasteiger partial charge in [-0.2, -0.15) is 0 Å². The van der Waals surface area contributed by atoms with E-state index < -0.39 is 0 Å².